The molecule has 0 saturated heterocycles. The van der Waals surface area contributed by atoms with Crippen LogP contribution in [-0.2, 0) is 0 Å². The number of benzene rings is 1. The quantitative estimate of drug-likeness (QED) is 0.874. The summed E-state index contributed by atoms with van der Waals surface area (Å²) in [6, 6.07) is 5.35. The van der Waals surface area contributed by atoms with Crippen molar-refractivity contribution in [1.29, 1.82) is 0 Å². The number of ether oxygens (including phenoxy) is 1. The molecule has 1 aromatic carbocycles. The van der Waals surface area contributed by atoms with Gasteiger partial charge in [0.25, 0.3) is 0 Å². The van der Waals surface area contributed by atoms with Gasteiger partial charge in [-0.3, -0.25) is 0 Å². The maximum absolute atomic E-state index is 6.21. The Hall–Kier alpha value is -1.68. The average molecular weight is 239 g/mol. The van der Waals surface area contributed by atoms with E-state index in [9.17, 15) is 0 Å². The van der Waals surface area contributed by atoms with Gasteiger partial charge >= 0.3 is 0 Å². The molecular weight excluding hydrogens is 228 g/mol. The highest BCUT2D eigenvalue weighted by molar-refractivity contribution is 6.35. The molecule has 1 heterocycles. The predicted octanol–water partition coefficient (Wildman–Crippen LogP) is 2.89. The zero-order chi connectivity index (χ0) is 11.7. The summed E-state index contributed by atoms with van der Waals surface area (Å²) in [5.74, 6) is 0.858. The van der Waals surface area contributed by atoms with Gasteiger partial charge in [-0.2, -0.15) is 0 Å². The van der Waals surface area contributed by atoms with Gasteiger partial charge in [-0.1, -0.05) is 22.8 Å². The normalized spacial score (nSPS) is 10.4. The molecule has 0 aliphatic heterocycles. The zero-order valence-electron chi connectivity index (χ0n) is 8.95. The van der Waals surface area contributed by atoms with Gasteiger partial charge in [0, 0.05) is 11.6 Å². The van der Waals surface area contributed by atoms with Crippen LogP contribution in [0.15, 0.2) is 22.7 Å². The number of nitrogens with zero attached hydrogens (tertiary/aromatic N) is 1. The van der Waals surface area contributed by atoms with Crippen LogP contribution >= 0.6 is 11.6 Å². The Labute approximate surface area is 97.9 Å². The molecule has 0 atom stereocenters. The molecule has 4 nitrogen and oxygen atoms in total. The summed E-state index contributed by atoms with van der Waals surface area (Å²) in [7, 11) is 1.57. The van der Waals surface area contributed by atoms with E-state index in [0.29, 0.717) is 16.5 Å². The summed E-state index contributed by atoms with van der Waals surface area (Å²) >= 11 is 6.21. The number of aromatic nitrogens is 1. The van der Waals surface area contributed by atoms with Crippen molar-refractivity contribution < 1.29 is 9.26 Å². The van der Waals surface area contributed by atoms with Crippen LogP contribution in [-0.4, -0.2) is 12.3 Å². The summed E-state index contributed by atoms with van der Waals surface area (Å²) in [6.45, 7) is 1.94. The fraction of sp³-hybridized carbons (Fsp3) is 0.182. The third-order valence-corrected chi connectivity index (χ3v) is 2.69. The maximum atomic E-state index is 6.21. The van der Waals surface area contributed by atoms with Crippen LogP contribution in [0.5, 0.6) is 5.75 Å². The molecule has 0 bridgehead atoms. The molecule has 0 aliphatic rings. The van der Waals surface area contributed by atoms with Gasteiger partial charge in [-0.05, 0) is 18.6 Å². The van der Waals surface area contributed by atoms with Crippen LogP contribution in [0.25, 0.3) is 11.3 Å². The number of nitrogens with two attached hydrogens (primary N) is 1. The molecule has 0 spiro atoms. The van der Waals surface area contributed by atoms with Crippen molar-refractivity contribution in [3.63, 3.8) is 0 Å². The molecule has 1 aromatic heterocycles. The number of methoxy groups -OCH3 is 1. The minimum absolute atomic E-state index is 0.258. The van der Waals surface area contributed by atoms with E-state index in [2.05, 4.69) is 5.16 Å². The molecule has 0 fully saturated rings. The van der Waals surface area contributed by atoms with E-state index in [-0.39, 0.29) is 5.88 Å². The van der Waals surface area contributed by atoms with E-state index < -0.39 is 0 Å². The minimum Gasteiger partial charge on any atom is -0.495 e. The standard InChI is InChI=1S/C11H11ClN2O2/c1-6-3-4-8(15-2)11(12)10(6)7-5-9(13)16-14-7/h3-5H,13H2,1-2H3. The Morgan fingerprint density at radius 2 is 2.19 bits per heavy atom. The summed E-state index contributed by atoms with van der Waals surface area (Å²) < 4.78 is 9.98. The van der Waals surface area contributed by atoms with Crippen molar-refractivity contribution in [2.75, 3.05) is 12.8 Å². The summed E-state index contributed by atoms with van der Waals surface area (Å²) in [5.41, 5.74) is 7.86. The number of aryl methyl sites for hydroxylation is 1. The number of anilines is 1. The lowest BCUT2D eigenvalue weighted by molar-refractivity contribution is 0.415. The van der Waals surface area contributed by atoms with Gasteiger partial charge in [0.15, 0.2) is 0 Å². The first-order valence-corrected chi connectivity index (χ1v) is 5.07. The first-order valence-electron chi connectivity index (χ1n) is 4.69. The maximum Gasteiger partial charge on any atom is 0.222 e. The molecule has 0 radical (unpaired) electrons. The van der Waals surface area contributed by atoms with Crippen LogP contribution in [0.2, 0.25) is 5.02 Å². The molecule has 2 N–H and O–H groups in total. The van der Waals surface area contributed by atoms with Gasteiger partial charge in [0.1, 0.15) is 11.4 Å². The fourth-order valence-corrected chi connectivity index (χ4v) is 1.92. The number of halogens is 1. The second-order valence-corrected chi connectivity index (χ2v) is 3.77. The van der Waals surface area contributed by atoms with E-state index in [4.69, 9.17) is 26.6 Å². The second kappa shape index (κ2) is 4.06. The molecule has 2 rings (SSSR count). The highest BCUT2D eigenvalue weighted by Crippen LogP contribution is 2.37. The number of hydrogen-bond acceptors (Lipinski definition) is 4. The Bertz CT molecular complexity index is 523. The monoisotopic (exact) mass is 238 g/mol. The molecule has 2 aromatic rings. The van der Waals surface area contributed by atoms with E-state index in [1.807, 2.05) is 19.1 Å². The molecule has 0 saturated carbocycles. The van der Waals surface area contributed by atoms with E-state index >= 15 is 0 Å². The molecule has 0 aliphatic carbocycles. The van der Waals surface area contributed by atoms with Crippen LogP contribution in [0, 0.1) is 6.92 Å². The van der Waals surface area contributed by atoms with Crippen LogP contribution in [0.4, 0.5) is 5.88 Å². The SMILES string of the molecule is COc1ccc(C)c(-c2cc(N)on2)c1Cl. The van der Waals surface area contributed by atoms with Crippen LogP contribution in [0.1, 0.15) is 5.56 Å². The lowest BCUT2D eigenvalue weighted by atomic mass is 10.1. The first kappa shape index (κ1) is 10.8. The predicted molar refractivity (Wildman–Crippen MR) is 62.7 cm³/mol. The first-order chi connectivity index (χ1) is 7.63. The van der Waals surface area contributed by atoms with E-state index in [1.165, 1.54) is 0 Å². The largest absolute Gasteiger partial charge is 0.495 e. The van der Waals surface area contributed by atoms with Gasteiger partial charge in [0.2, 0.25) is 5.88 Å². The average Bonchev–Trinajstić information content (AvgIpc) is 2.65. The molecular formula is C11H11ClN2O2. The fourth-order valence-electron chi connectivity index (χ4n) is 1.53. The zero-order valence-corrected chi connectivity index (χ0v) is 9.71. The van der Waals surface area contributed by atoms with Crippen LogP contribution < -0.4 is 10.5 Å². The highest BCUT2D eigenvalue weighted by atomic mass is 35.5. The molecule has 16 heavy (non-hydrogen) atoms. The van der Waals surface area contributed by atoms with Crippen molar-refractivity contribution in [2.24, 2.45) is 0 Å². The van der Waals surface area contributed by atoms with E-state index in [1.54, 1.807) is 13.2 Å². The molecule has 0 unspecified atom stereocenters. The van der Waals surface area contributed by atoms with Gasteiger partial charge in [-0.25, -0.2) is 0 Å². The van der Waals surface area contributed by atoms with Crippen molar-refractivity contribution in [2.45, 2.75) is 6.92 Å². The topological polar surface area (TPSA) is 61.3 Å². The lowest BCUT2D eigenvalue weighted by Gasteiger charge is -2.09. The smallest absolute Gasteiger partial charge is 0.222 e. The van der Waals surface area contributed by atoms with Crippen molar-refractivity contribution in [3.8, 4) is 17.0 Å². The summed E-state index contributed by atoms with van der Waals surface area (Å²) in [5, 5.41) is 4.35. The number of nitrogen functional groups attached to an aromatic ring is 1. The summed E-state index contributed by atoms with van der Waals surface area (Å²) in [6.07, 6.45) is 0. The van der Waals surface area contributed by atoms with Gasteiger partial charge < -0.3 is 15.0 Å². The van der Waals surface area contributed by atoms with Gasteiger partial charge in [0.05, 0.1) is 12.1 Å². The summed E-state index contributed by atoms with van der Waals surface area (Å²) in [4.78, 5) is 0. The number of hydrogen-bond donors (Lipinski definition) is 1. The molecule has 0 amide bonds. The third-order valence-electron chi connectivity index (χ3n) is 2.32. The number of rotatable bonds is 2. The van der Waals surface area contributed by atoms with Crippen molar-refractivity contribution in [3.05, 3.63) is 28.8 Å². The lowest BCUT2D eigenvalue weighted by Crippen LogP contribution is -1.90. The van der Waals surface area contributed by atoms with Crippen molar-refractivity contribution >= 4 is 17.5 Å². The molecule has 5 heteroatoms. The van der Waals surface area contributed by atoms with Crippen LogP contribution in [0.3, 0.4) is 0 Å². The minimum atomic E-state index is 0.258. The Morgan fingerprint density at radius 3 is 2.75 bits per heavy atom. The van der Waals surface area contributed by atoms with Gasteiger partial charge in [-0.15, -0.1) is 0 Å². The van der Waals surface area contributed by atoms with E-state index in [0.717, 1.165) is 11.1 Å². The highest BCUT2D eigenvalue weighted by Gasteiger charge is 2.15. The Balaban J connectivity index is 2.63. The van der Waals surface area contributed by atoms with Crippen molar-refractivity contribution in [1.82, 2.24) is 5.16 Å². The Kier molecular flexibility index (Phi) is 2.75. The third kappa shape index (κ3) is 1.72. The molecule has 84 valence electrons. The second-order valence-electron chi connectivity index (χ2n) is 3.39. The Morgan fingerprint density at radius 1 is 1.44 bits per heavy atom.